The molecule has 0 aliphatic carbocycles. The molecule has 2 unspecified atom stereocenters. The highest BCUT2D eigenvalue weighted by Crippen LogP contribution is 2.20. The van der Waals surface area contributed by atoms with Crippen LogP contribution in [0, 0.1) is 0 Å². The Kier molecular flexibility index (Phi) is 7.25. The summed E-state index contributed by atoms with van der Waals surface area (Å²) in [5.41, 5.74) is 2.18. The standard InChI is InChI=1S/C15H26O3/c1-12(9-10-16)6-5-7-13(2)15(17)14-8-3-4-11-18-14/h7,9,14-17H,3-6,8,10-11H2,1-2H3. The van der Waals surface area contributed by atoms with Crippen molar-refractivity contribution in [3.8, 4) is 0 Å². The van der Waals surface area contributed by atoms with Crippen molar-refractivity contribution >= 4 is 0 Å². The molecule has 18 heavy (non-hydrogen) atoms. The summed E-state index contributed by atoms with van der Waals surface area (Å²) in [6.07, 6.45) is 8.45. The van der Waals surface area contributed by atoms with E-state index in [0.717, 1.165) is 44.3 Å². The van der Waals surface area contributed by atoms with Gasteiger partial charge in [-0.15, -0.1) is 0 Å². The Balaban J connectivity index is 2.37. The maximum atomic E-state index is 10.2. The predicted molar refractivity (Wildman–Crippen MR) is 73.4 cm³/mol. The molecule has 0 aromatic carbocycles. The van der Waals surface area contributed by atoms with Crippen molar-refractivity contribution in [2.24, 2.45) is 0 Å². The molecule has 2 atom stereocenters. The van der Waals surface area contributed by atoms with Crippen molar-refractivity contribution in [2.75, 3.05) is 13.2 Å². The molecule has 1 aliphatic rings. The van der Waals surface area contributed by atoms with Gasteiger partial charge in [-0.25, -0.2) is 0 Å². The quantitative estimate of drug-likeness (QED) is 0.716. The molecule has 0 spiro atoms. The highest BCUT2D eigenvalue weighted by atomic mass is 16.5. The van der Waals surface area contributed by atoms with E-state index in [1.54, 1.807) is 0 Å². The first-order valence-corrected chi connectivity index (χ1v) is 6.88. The average molecular weight is 254 g/mol. The van der Waals surface area contributed by atoms with E-state index in [-0.39, 0.29) is 12.7 Å². The van der Waals surface area contributed by atoms with E-state index in [1.807, 2.05) is 19.9 Å². The van der Waals surface area contributed by atoms with Crippen molar-refractivity contribution in [2.45, 2.75) is 58.2 Å². The molecule has 0 aromatic rings. The fourth-order valence-corrected chi connectivity index (χ4v) is 2.21. The highest BCUT2D eigenvalue weighted by Gasteiger charge is 2.23. The third-order valence-electron chi connectivity index (χ3n) is 3.48. The molecule has 0 radical (unpaired) electrons. The second-order valence-corrected chi connectivity index (χ2v) is 5.07. The van der Waals surface area contributed by atoms with Crippen LogP contribution in [0.5, 0.6) is 0 Å². The van der Waals surface area contributed by atoms with Gasteiger partial charge in [-0.3, -0.25) is 0 Å². The van der Waals surface area contributed by atoms with Gasteiger partial charge < -0.3 is 14.9 Å². The largest absolute Gasteiger partial charge is 0.392 e. The van der Waals surface area contributed by atoms with Gasteiger partial charge in [0.25, 0.3) is 0 Å². The van der Waals surface area contributed by atoms with Crippen LogP contribution in [0.4, 0.5) is 0 Å². The van der Waals surface area contributed by atoms with Crippen LogP contribution in [-0.4, -0.2) is 35.6 Å². The molecule has 1 heterocycles. The number of allylic oxidation sites excluding steroid dienone is 2. The molecule has 104 valence electrons. The lowest BCUT2D eigenvalue weighted by Gasteiger charge is -2.27. The molecule has 0 amide bonds. The van der Waals surface area contributed by atoms with E-state index in [1.165, 1.54) is 5.57 Å². The summed E-state index contributed by atoms with van der Waals surface area (Å²) < 4.78 is 5.59. The summed E-state index contributed by atoms with van der Waals surface area (Å²) in [6, 6.07) is 0. The first-order valence-electron chi connectivity index (χ1n) is 6.88. The summed E-state index contributed by atoms with van der Waals surface area (Å²) in [6.45, 7) is 4.86. The molecule has 0 bridgehead atoms. The molecule has 2 N–H and O–H groups in total. The van der Waals surface area contributed by atoms with E-state index in [4.69, 9.17) is 9.84 Å². The molecular formula is C15H26O3. The van der Waals surface area contributed by atoms with Gasteiger partial charge in [-0.2, -0.15) is 0 Å². The summed E-state index contributed by atoms with van der Waals surface area (Å²) in [7, 11) is 0. The predicted octanol–water partition coefficient (Wildman–Crippen LogP) is 2.58. The Morgan fingerprint density at radius 3 is 2.72 bits per heavy atom. The van der Waals surface area contributed by atoms with Gasteiger partial charge in [0.05, 0.1) is 12.7 Å². The smallest absolute Gasteiger partial charge is 0.101 e. The van der Waals surface area contributed by atoms with Crippen LogP contribution in [0.2, 0.25) is 0 Å². The van der Waals surface area contributed by atoms with Crippen molar-refractivity contribution in [1.82, 2.24) is 0 Å². The second kappa shape index (κ2) is 8.46. The molecular weight excluding hydrogens is 228 g/mol. The van der Waals surface area contributed by atoms with E-state index < -0.39 is 6.10 Å². The van der Waals surface area contributed by atoms with E-state index in [0.29, 0.717) is 0 Å². The van der Waals surface area contributed by atoms with Crippen LogP contribution in [0.1, 0.15) is 46.0 Å². The van der Waals surface area contributed by atoms with Crippen LogP contribution in [0.3, 0.4) is 0 Å². The van der Waals surface area contributed by atoms with Crippen LogP contribution in [-0.2, 0) is 4.74 Å². The van der Waals surface area contributed by atoms with Gasteiger partial charge in [-0.05, 0) is 51.5 Å². The van der Waals surface area contributed by atoms with Crippen molar-refractivity contribution < 1.29 is 14.9 Å². The Morgan fingerprint density at radius 2 is 2.11 bits per heavy atom. The van der Waals surface area contributed by atoms with Gasteiger partial charge >= 0.3 is 0 Å². The zero-order valence-electron chi connectivity index (χ0n) is 11.6. The minimum Gasteiger partial charge on any atom is -0.392 e. The lowest BCUT2D eigenvalue weighted by Crippen LogP contribution is -2.32. The maximum Gasteiger partial charge on any atom is 0.101 e. The SMILES string of the molecule is CC(=CCO)CCC=C(C)C(O)C1CCCCO1. The zero-order chi connectivity index (χ0) is 13.4. The molecule has 1 aliphatic heterocycles. The Bertz CT molecular complexity index is 288. The fourth-order valence-electron chi connectivity index (χ4n) is 2.21. The minimum absolute atomic E-state index is 0.0240. The van der Waals surface area contributed by atoms with E-state index in [2.05, 4.69) is 6.08 Å². The van der Waals surface area contributed by atoms with Gasteiger partial charge in [0.2, 0.25) is 0 Å². The molecule has 1 saturated heterocycles. The lowest BCUT2D eigenvalue weighted by atomic mass is 9.98. The van der Waals surface area contributed by atoms with Gasteiger partial charge in [0, 0.05) is 6.61 Å². The number of hydrogen-bond donors (Lipinski definition) is 2. The highest BCUT2D eigenvalue weighted by molar-refractivity contribution is 5.09. The Hall–Kier alpha value is -0.640. The van der Waals surface area contributed by atoms with Crippen LogP contribution in [0.25, 0.3) is 0 Å². The molecule has 3 heteroatoms. The maximum absolute atomic E-state index is 10.2. The molecule has 1 rings (SSSR count). The summed E-state index contributed by atoms with van der Waals surface area (Å²) >= 11 is 0. The Morgan fingerprint density at radius 1 is 1.33 bits per heavy atom. The third kappa shape index (κ3) is 5.34. The molecule has 0 saturated carbocycles. The summed E-state index contributed by atoms with van der Waals surface area (Å²) in [4.78, 5) is 0. The first kappa shape index (κ1) is 15.4. The molecule has 3 nitrogen and oxygen atoms in total. The lowest BCUT2D eigenvalue weighted by molar-refractivity contribution is -0.0481. The van der Waals surface area contributed by atoms with E-state index >= 15 is 0 Å². The number of rotatable bonds is 6. The van der Waals surface area contributed by atoms with Crippen LogP contribution in [0.15, 0.2) is 23.3 Å². The number of hydrogen-bond acceptors (Lipinski definition) is 3. The summed E-state index contributed by atoms with van der Waals surface area (Å²) in [5.74, 6) is 0. The zero-order valence-corrected chi connectivity index (χ0v) is 11.6. The van der Waals surface area contributed by atoms with Gasteiger partial charge in [-0.1, -0.05) is 17.7 Å². The summed E-state index contributed by atoms with van der Waals surface area (Å²) in [5, 5.41) is 18.9. The average Bonchev–Trinajstić information content (AvgIpc) is 2.39. The van der Waals surface area contributed by atoms with Crippen molar-refractivity contribution in [3.63, 3.8) is 0 Å². The fraction of sp³-hybridized carbons (Fsp3) is 0.733. The molecule has 0 aromatic heterocycles. The topological polar surface area (TPSA) is 49.7 Å². The minimum atomic E-state index is -0.465. The number of ether oxygens (including phenoxy) is 1. The van der Waals surface area contributed by atoms with Crippen molar-refractivity contribution in [1.29, 1.82) is 0 Å². The third-order valence-corrected chi connectivity index (χ3v) is 3.48. The number of aliphatic hydroxyl groups is 2. The van der Waals surface area contributed by atoms with Crippen LogP contribution >= 0.6 is 0 Å². The Labute approximate surface area is 110 Å². The number of aliphatic hydroxyl groups excluding tert-OH is 2. The van der Waals surface area contributed by atoms with E-state index in [9.17, 15) is 5.11 Å². The molecule has 1 fully saturated rings. The van der Waals surface area contributed by atoms with Crippen LogP contribution < -0.4 is 0 Å². The van der Waals surface area contributed by atoms with Gasteiger partial charge in [0.1, 0.15) is 6.10 Å². The van der Waals surface area contributed by atoms with Gasteiger partial charge in [0.15, 0.2) is 0 Å². The first-order chi connectivity index (χ1) is 8.65. The van der Waals surface area contributed by atoms with Crippen molar-refractivity contribution in [3.05, 3.63) is 23.3 Å². The second-order valence-electron chi connectivity index (χ2n) is 5.07. The monoisotopic (exact) mass is 254 g/mol. The normalized spacial score (nSPS) is 24.1.